The van der Waals surface area contributed by atoms with Crippen molar-refractivity contribution in [2.45, 2.75) is 77.7 Å². The van der Waals surface area contributed by atoms with E-state index in [0.717, 1.165) is 38.5 Å². The van der Waals surface area contributed by atoms with Gasteiger partial charge in [-0.25, -0.2) is 0 Å². The molecular formula is C22H30O4. The van der Waals surface area contributed by atoms with Gasteiger partial charge < -0.3 is 4.74 Å². The second-order valence-electron chi connectivity index (χ2n) is 9.28. The van der Waals surface area contributed by atoms with Crippen molar-refractivity contribution in [2.75, 3.05) is 0 Å². The summed E-state index contributed by atoms with van der Waals surface area (Å²) in [5.74, 6) is 2.16. The van der Waals surface area contributed by atoms with Crippen LogP contribution in [-0.4, -0.2) is 23.1 Å². The van der Waals surface area contributed by atoms with Crippen LogP contribution in [-0.2, 0) is 19.1 Å². The van der Waals surface area contributed by atoms with Gasteiger partial charge in [-0.3, -0.25) is 14.4 Å². The fourth-order valence-corrected chi connectivity index (χ4v) is 7.24. The molecule has 0 heterocycles. The molecular weight excluding hydrogens is 328 g/mol. The standard InChI is InChI=1S/C22H30O4/c1-13(23)22(26-14(2)24)11-9-20-19-6-4-15-12-16(25)5-7-17(15)18(19)8-10-21(20,22)3/h12,17-20H,4-11H2,1-3H3/t17-,18-,19+,20+,21-,22?/m0/s1. The van der Waals surface area contributed by atoms with Gasteiger partial charge in [-0.05, 0) is 81.6 Å². The summed E-state index contributed by atoms with van der Waals surface area (Å²) < 4.78 is 5.79. The fourth-order valence-electron chi connectivity index (χ4n) is 7.24. The predicted molar refractivity (Wildman–Crippen MR) is 97.3 cm³/mol. The zero-order valence-corrected chi connectivity index (χ0v) is 16.2. The molecule has 0 spiro atoms. The van der Waals surface area contributed by atoms with Crippen LogP contribution < -0.4 is 0 Å². The first kappa shape index (κ1) is 17.9. The summed E-state index contributed by atoms with van der Waals surface area (Å²) in [7, 11) is 0. The molecule has 1 unspecified atom stereocenters. The molecule has 3 saturated carbocycles. The maximum absolute atomic E-state index is 12.7. The monoisotopic (exact) mass is 358 g/mol. The first-order valence-electron chi connectivity index (χ1n) is 10.2. The lowest BCUT2D eigenvalue weighted by atomic mass is 9.50. The molecule has 0 aliphatic heterocycles. The summed E-state index contributed by atoms with van der Waals surface area (Å²) in [5.41, 5.74) is 0.187. The Balaban J connectivity index is 1.66. The van der Waals surface area contributed by atoms with Crippen LogP contribution >= 0.6 is 0 Å². The van der Waals surface area contributed by atoms with Crippen molar-refractivity contribution in [3.63, 3.8) is 0 Å². The van der Waals surface area contributed by atoms with E-state index < -0.39 is 5.60 Å². The van der Waals surface area contributed by atoms with Crippen molar-refractivity contribution in [1.29, 1.82) is 0 Å². The second kappa shape index (κ2) is 6.03. The number of carbonyl (C=O) groups is 3. The molecule has 4 heteroatoms. The van der Waals surface area contributed by atoms with Crippen molar-refractivity contribution in [3.8, 4) is 0 Å². The second-order valence-corrected chi connectivity index (χ2v) is 9.28. The molecule has 26 heavy (non-hydrogen) atoms. The van der Waals surface area contributed by atoms with Crippen LogP contribution in [0.15, 0.2) is 11.6 Å². The lowest BCUT2D eigenvalue weighted by molar-refractivity contribution is -0.185. The third kappa shape index (κ3) is 2.36. The molecule has 0 aromatic rings. The summed E-state index contributed by atoms with van der Waals surface area (Å²) in [4.78, 5) is 36.3. The molecule has 0 saturated heterocycles. The molecule has 0 aromatic heterocycles. The molecule has 0 aromatic carbocycles. The average Bonchev–Trinajstić information content (AvgIpc) is 2.87. The highest BCUT2D eigenvalue weighted by Gasteiger charge is 2.66. The lowest BCUT2D eigenvalue weighted by Gasteiger charge is -2.55. The van der Waals surface area contributed by atoms with Gasteiger partial charge in [0.05, 0.1) is 0 Å². The Bertz CT molecular complexity index is 692. The van der Waals surface area contributed by atoms with Crippen molar-refractivity contribution in [1.82, 2.24) is 0 Å². The Morgan fingerprint density at radius 3 is 2.50 bits per heavy atom. The van der Waals surface area contributed by atoms with Gasteiger partial charge in [-0.2, -0.15) is 0 Å². The van der Waals surface area contributed by atoms with Gasteiger partial charge in [0.15, 0.2) is 17.2 Å². The predicted octanol–water partition coefficient (Wildman–Crippen LogP) is 4.02. The van der Waals surface area contributed by atoms with Crippen LogP contribution in [0.2, 0.25) is 0 Å². The minimum atomic E-state index is -0.937. The fraction of sp³-hybridized carbons (Fsp3) is 0.773. The Kier molecular flexibility index (Phi) is 4.16. The van der Waals surface area contributed by atoms with E-state index in [1.54, 1.807) is 6.92 Å². The van der Waals surface area contributed by atoms with E-state index >= 15 is 0 Å². The van der Waals surface area contributed by atoms with Gasteiger partial charge in [-0.15, -0.1) is 0 Å². The Morgan fingerprint density at radius 2 is 1.81 bits per heavy atom. The van der Waals surface area contributed by atoms with Crippen LogP contribution in [0.4, 0.5) is 0 Å². The topological polar surface area (TPSA) is 60.4 Å². The number of hydrogen-bond acceptors (Lipinski definition) is 4. The number of ketones is 2. The third-order valence-corrected chi connectivity index (χ3v) is 8.31. The van der Waals surface area contributed by atoms with Crippen LogP contribution in [0.1, 0.15) is 72.1 Å². The molecule has 4 rings (SSSR count). The average molecular weight is 358 g/mol. The molecule has 4 aliphatic rings. The van der Waals surface area contributed by atoms with E-state index in [1.165, 1.54) is 12.5 Å². The van der Waals surface area contributed by atoms with Crippen LogP contribution in [0, 0.1) is 29.1 Å². The molecule has 6 atom stereocenters. The van der Waals surface area contributed by atoms with Gasteiger partial charge in [0, 0.05) is 18.8 Å². The molecule has 0 N–H and O–H groups in total. The Labute approximate surface area is 155 Å². The number of Topliss-reactive ketones (excluding diaryl/α,β-unsaturated/α-hetero) is 1. The molecule has 142 valence electrons. The quantitative estimate of drug-likeness (QED) is 0.700. The van der Waals surface area contributed by atoms with Crippen molar-refractivity contribution in [2.24, 2.45) is 29.1 Å². The Morgan fingerprint density at radius 1 is 1.04 bits per heavy atom. The summed E-state index contributed by atoms with van der Waals surface area (Å²) in [6, 6.07) is 0. The molecule has 0 radical (unpaired) electrons. The smallest absolute Gasteiger partial charge is 0.303 e. The summed E-state index contributed by atoms with van der Waals surface area (Å²) >= 11 is 0. The van der Waals surface area contributed by atoms with Crippen LogP contribution in [0.5, 0.6) is 0 Å². The molecule has 0 bridgehead atoms. The number of allylic oxidation sites excluding steroid dienone is 1. The number of hydrogen-bond donors (Lipinski definition) is 0. The normalized spacial score (nSPS) is 44.4. The zero-order valence-electron chi connectivity index (χ0n) is 16.2. The van der Waals surface area contributed by atoms with E-state index in [1.807, 2.05) is 6.08 Å². The minimum absolute atomic E-state index is 0.0100. The first-order chi connectivity index (χ1) is 12.3. The van der Waals surface area contributed by atoms with E-state index in [2.05, 4.69) is 6.92 Å². The SMILES string of the molecule is CC(=O)OC1(C(C)=O)CC[C@@H]2[C@@H]3CCC4=CC(=O)CC[C@@H]4[C@@H]3CC[C@@]21C. The van der Waals surface area contributed by atoms with E-state index in [-0.39, 0.29) is 17.2 Å². The number of rotatable bonds is 2. The van der Waals surface area contributed by atoms with Crippen molar-refractivity contribution < 1.29 is 19.1 Å². The maximum Gasteiger partial charge on any atom is 0.303 e. The zero-order chi connectivity index (χ0) is 18.7. The van der Waals surface area contributed by atoms with E-state index in [4.69, 9.17) is 4.74 Å². The number of carbonyl (C=O) groups excluding carboxylic acids is 3. The van der Waals surface area contributed by atoms with Crippen LogP contribution in [0.25, 0.3) is 0 Å². The summed E-state index contributed by atoms with van der Waals surface area (Å²) in [6.45, 7) is 5.21. The van der Waals surface area contributed by atoms with Gasteiger partial charge >= 0.3 is 5.97 Å². The van der Waals surface area contributed by atoms with Gasteiger partial charge in [-0.1, -0.05) is 12.5 Å². The van der Waals surface area contributed by atoms with E-state index in [9.17, 15) is 14.4 Å². The lowest BCUT2D eigenvalue weighted by Crippen LogP contribution is -2.57. The van der Waals surface area contributed by atoms with Crippen molar-refractivity contribution in [3.05, 3.63) is 11.6 Å². The summed E-state index contributed by atoms with van der Waals surface area (Å²) in [5, 5.41) is 0. The molecule has 3 fully saturated rings. The highest BCUT2D eigenvalue weighted by atomic mass is 16.6. The Hall–Kier alpha value is -1.45. The largest absolute Gasteiger partial charge is 0.451 e. The number of fused-ring (bicyclic) bond motifs is 5. The van der Waals surface area contributed by atoms with Crippen molar-refractivity contribution >= 4 is 17.5 Å². The van der Waals surface area contributed by atoms with Crippen LogP contribution in [0.3, 0.4) is 0 Å². The highest BCUT2D eigenvalue weighted by molar-refractivity contribution is 5.91. The van der Waals surface area contributed by atoms with Gasteiger partial charge in [0.1, 0.15) is 0 Å². The maximum atomic E-state index is 12.7. The minimum Gasteiger partial charge on any atom is -0.451 e. The highest BCUT2D eigenvalue weighted by Crippen LogP contribution is 2.66. The molecule has 4 aliphatic carbocycles. The first-order valence-corrected chi connectivity index (χ1v) is 10.2. The van der Waals surface area contributed by atoms with Gasteiger partial charge in [0.25, 0.3) is 0 Å². The summed E-state index contributed by atoms with van der Waals surface area (Å²) in [6.07, 6.45) is 9.37. The molecule has 4 nitrogen and oxygen atoms in total. The third-order valence-electron chi connectivity index (χ3n) is 8.31. The number of esters is 1. The number of ether oxygens (including phenoxy) is 1. The van der Waals surface area contributed by atoms with Gasteiger partial charge in [0.2, 0.25) is 0 Å². The molecule has 0 amide bonds. The van der Waals surface area contributed by atoms with E-state index in [0.29, 0.717) is 42.3 Å².